The Balaban J connectivity index is 1.73. The zero-order chi connectivity index (χ0) is 19.9. The summed E-state index contributed by atoms with van der Waals surface area (Å²) in [6.45, 7) is 0.452. The van der Waals surface area contributed by atoms with Gasteiger partial charge >= 0.3 is 0 Å². The van der Waals surface area contributed by atoms with Gasteiger partial charge in [0.2, 0.25) is 0 Å². The number of nitrogens with one attached hydrogen (secondary N) is 1. The molecule has 0 aliphatic carbocycles. The molecule has 0 unspecified atom stereocenters. The van der Waals surface area contributed by atoms with Gasteiger partial charge in [0.05, 0.1) is 20.3 Å². The molecule has 0 aliphatic rings. The van der Waals surface area contributed by atoms with Gasteiger partial charge in [-0.25, -0.2) is 5.43 Å². The van der Waals surface area contributed by atoms with Crippen molar-refractivity contribution in [2.24, 2.45) is 5.10 Å². The van der Waals surface area contributed by atoms with Crippen LogP contribution in [0.1, 0.15) is 17.5 Å². The number of hydrazone groups is 1. The first kappa shape index (κ1) is 20.3. The average Bonchev–Trinajstić information content (AvgIpc) is 2.67. The van der Waals surface area contributed by atoms with Gasteiger partial charge in [0, 0.05) is 0 Å². The summed E-state index contributed by atoms with van der Waals surface area (Å²) >= 11 is 5.75. The molecule has 0 aliphatic heterocycles. The first-order chi connectivity index (χ1) is 13.6. The Morgan fingerprint density at radius 3 is 2.82 bits per heavy atom. The molecule has 0 radical (unpaired) electrons. The second-order valence-corrected chi connectivity index (χ2v) is 7.89. The molecule has 0 saturated heterocycles. The van der Waals surface area contributed by atoms with Crippen molar-refractivity contribution >= 4 is 61.4 Å². The highest BCUT2D eigenvalue weighted by Gasteiger charge is 2.10. The Hall–Kier alpha value is -2.44. The monoisotopic (exact) mass is 547 g/mol. The second-order valence-electron chi connectivity index (χ2n) is 5.87. The molecule has 0 fully saturated rings. The van der Waals surface area contributed by atoms with Crippen LogP contribution in [0.25, 0.3) is 10.8 Å². The molecule has 1 amide bonds. The first-order valence-electron chi connectivity index (χ1n) is 8.36. The molecule has 28 heavy (non-hydrogen) atoms. The van der Waals surface area contributed by atoms with Gasteiger partial charge in [0.1, 0.15) is 18.8 Å². The molecule has 7 heteroatoms. The summed E-state index contributed by atoms with van der Waals surface area (Å²) in [4.78, 5) is 11.3. The Bertz CT molecular complexity index is 1060. The first-order valence-corrected chi connectivity index (χ1v) is 10.2. The Labute approximate surface area is 184 Å². The fraction of sp³-hybridized carbons (Fsp3) is 0.0952. The number of nitrogens with zero attached hydrogens (tertiary/aromatic N) is 2. The Morgan fingerprint density at radius 1 is 1.25 bits per heavy atom. The lowest BCUT2D eigenvalue weighted by Gasteiger charge is -2.13. The second kappa shape index (κ2) is 9.66. The van der Waals surface area contributed by atoms with Crippen LogP contribution in [0.5, 0.6) is 5.75 Å². The van der Waals surface area contributed by atoms with Crippen LogP contribution >= 0.6 is 38.5 Å². The zero-order valence-electron chi connectivity index (χ0n) is 14.7. The van der Waals surface area contributed by atoms with E-state index in [9.17, 15) is 4.79 Å². The number of carbonyl (C=O) groups is 1. The van der Waals surface area contributed by atoms with Crippen molar-refractivity contribution < 1.29 is 9.53 Å². The van der Waals surface area contributed by atoms with Crippen molar-refractivity contribution in [3.8, 4) is 11.8 Å². The number of carbonyl (C=O) groups excluding carboxylic acids is 1. The largest absolute Gasteiger partial charge is 0.487 e. The summed E-state index contributed by atoms with van der Waals surface area (Å²) in [6, 6.07) is 19.9. The molecule has 0 spiro atoms. The summed E-state index contributed by atoms with van der Waals surface area (Å²) < 4.78 is 7.80. The third-order valence-corrected chi connectivity index (χ3v) is 5.31. The number of rotatable bonds is 6. The minimum Gasteiger partial charge on any atom is -0.487 e. The van der Waals surface area contributed by atoms with E-state index in [0.717, 1.165) is 24.9 Å². The van der Waals surface area contributed by atoms with Crippen molar-refractivity contribution in [2.45, 2.75) is 13.0 Å². The van der Waals surface area contributed by atoms with Crippen molar-refractivity contribution in [2.75, 3.05) is 0 Å². The van der Waals surface area contributed by atoms with E-state index in [1.807, 2.05) is 30.3 Å². The standard InChI is InChI=1S/C21H15BrIN3O2/c22-18-10-14(12-25-26-20(27)8-9-24)11-19(23)21(18)28-13-16-6-3-5-15-4-1-2-7-17(15)16/h1-7,10-12H,8,13H2,(H,26,27). The maximum Gasteiger partial charge on any atom is 0.254 e. The van der Waals surface area contributed by atoms with E-state index in [1.54, 1.807) is 6.07 Å². The lowest BCUT2D eigenvalue weighted by molar-refractivity contribution is -0.120. The SMILES string of the molecule is N#CCC(=O)NN=Cc1cc(Br)c(OCc2cccc3ccccc23)c(I)c1. The quantitative estimate of drug-likeness (QED) is 0.263. The van der Waals surface area contributed by atoms with E-state index >= 15 is 0 Å². The lowest BCUT2D eigenvalue weighted by atomic mass is 10.1. The molecule has 3 aromatic rings. The van der Waals surface area contributed by atoms with Gasteiger partial charge < -0.3 is 4.74 Å². The van der Waals surface area contributed by atoms with E-state index in [2.05, 4.69) is 73.3 Å². The van der Waals surface area contributed by atoms with Gasteiger partial charge in [-0.05, 0) is 72.6 Å². The van der Waals surface area contributed by atoms with E-state index in [1.165, 1.54) is 17.0 Å². The number of amides is 1. The predicted molar refractivity (Wildman–Crippen MR) is 121 cm³/mol. The highest BCUT2D eigenvalue weighted by molar-refractivity contribution is 14.1. The van der Waals surface area contributed by atoms with E-state index in [-0.39, 0.29) is 6.42 Å². The molecular weight excluding hydrogens is 533 g/mol. The van der Waals surface area contributed by atoms with Crippen LogP contribution in [0.15, 0.2) is 64.2 Å². The normalized spacial score (nSPS) is 10.8. The van der Waals surface area contributed by atoms with Crippen molar-refractivity contribution in [3.05, 3.63) is 73.8 Å². The Morgan fingerprint density at radius 2 is 2.04 bits per heavy atom. The molecule has 0 bridgehead atoms. The minimum atomic E-state index is -0.442. The molecule has 0 atom stereocenters. The highest BCUT2D eigenvalue weighted by Crippen LogP contribution is 2.33. The van der Waals surface area contributed by atoms with Crippen LogP contribution in [0, 0.1) is 14.9 Å². The van der Waals surface area contributed by atoms with Crippen LogP contribution < -0.4 is 10.2 Å². The molecule has 0 saturated carbocycles. The predicted octanol–water partition coefficient (Wildman–Crippen LogP) is 5.15. The van der Waals surface area contributed by atoms with Crippen LogP contribution in [0.2, 0.25) is 0 Å². The van der Waals surface area contributed by atoms with E-state index < -0.39 is 5.91 Å². The van der Waals surface area contributed by atoms with Crippen LogP contribution in [0.4, 0.5) is 0 Å². The average molecular weight is 548 g/mol. The van der Waals surface area contributed by atoms with Crippen LogP contribution in [-0.4, -0.2) is 12.1 Å². The summed E-state index contributed by atoms with van der Waals surface area (Å²) in [7, 11) is 0. The third kappa shape index (κ3) is 5.09. The summed E-state index contributed by atoms with van der Waals surface area (Å²) in [6.07, 6.45) is 1.30. The van der Waals surface area contributed by atoms with Gasteiger partial charge in [0.25, 0.3) is 5.91 Å². The molecule has 0 aromatic heterocycles. The number of halogens is 2. The van der Waals surface area contributed by atoms with Crippen molar-refractivity contribution in [1.29, 1.82) is 5.26 Å². The topological polar surface area (TPSA) is 74.5 Å². The Kier molecular flexibility index (Phi) is 7.01. The summed E-state index contributed by atoms with van der Waals surface area (Å²) in [5.41, 5.74) is 4.22. The van der Waals surface area contributed by atoms with Crippen molar-refractivity contribution in [1.82, 2.24) is 5.43 Å². The molecule has 0 heterocycles. The summed E-state index contributed by atoms with van der Waals surface area (Å²) in [5, 5.41) is 14.7. The third-order valence-electron chi connectivity index (χ3n) is 3.92. The fourth-order valence-corrected chi connectivity index (χ4v) is 4.42. The summed E-state index contributed by atoms with van der Waals surface area (Å²) in [5.74, 6) is 0.307. The smallest absolute Gasteiger partial charge is 0.254 e. The molecule has 1 N–H and O–H groups in total. The molecule has 140 valence electrons. The highest BCUT2D eigenvalue weighted by atomic mass is 127. The maximum absolute atomic E-state index is 11.3. The number of hydrogen-bond donors (Lipinski definition) is 1. The fourth-order valence-electron chi connectivity index (χ4n) is 2.65. The van der Waals surface area contributed by atoms with Crippen LogP contribution in [-0.2, 0) is 11.4 Å². The number of benzene rings is 3. The lowest BCUT2D eigenvalue weighted by Crippen LogP contribution is -2.16. The molecule has 3 rings (SSSR count). The van der Waals surface area contributed by atoms with Crippen molar-refractivity contribution in [3.63, 3.8) is 0 Å². The van der Waals surface area contributed by atoms with Gasteiger partial charge in [-0.15, -0.1) is 0 Å². The van der Waals surface area contributed by atoms with E-state index in [4.69, 9.17) is 10.00 Å². The maximum atomic E-state index is 11.3. The molecule has 5 nitrogen and oxygen atoms in total. The van der Waals surface area contributed by atoms with E-state index in [0.29, 0.717) is 6.61 Å². The zero-order valence-corrected chi connectivity index (χ0v) is 18.4. The van der Waals surface area contributed by atoms with Gasteiger partial charge in [-0.1, -0.05) is 42.5 Å². The minimum absolute atomic E-state index is 0.223. The molecular formula is C21H15BrIN3O2. The molecule has 3 aromatic carbocycles. The number of ether oxygens (including phenoxy) is 1. The van der Waals surface area contributed by atoms with Gasteiger partial charge in [-0.3, -0.25) is 4.79 Å². The van der Waals surface area contributed by atoms with Gasteiger partial charge in [0.15, 0.2) is 0 Å². The number of nitriles is 1. The van der Waals surface area contributed by atoms with Gasteiger partial charge in [-0.2, -0.15) is 10.4 Å². The number of fused-ring (bicyclic) bond motifs is 1. The van der Waals surface area contributed by atoms with Crippen LogP contribution in [0.3, 0.4) is 0 Å². The number of hydrogen-bond acceptors (Lipinski definition) is 4.